The lowest BCUT2D eigenvalue weighted by Gasteiger charge is -2.28. The number of amides is 2. The largest absolute Gasteiger partial charge is 0.459 e. The van der Waals surface area contributed by atoms with E-state index in [9.17, 15) is 19.5 Å². The van der Waals surface area contributed by atoms with E-state index in [0.29, 0.717) is 58.2 Å². The van der Waals surface area contributed by atoms with Gasteiger partial charge in [0.25, 0.3) is 0 Å². The zero-order valence-electron chi connectivity index (χ0n) is 21.9. The second-order valence-corrected chi connectivity index (χ2v) is 10.0. The number of aliphatic hydroxyl groups excluding tert-OH is 1. The minimum atomic E-state index is -1.03. The molecule has 8 nitrogen and oxygen atoms in total. The van der Waals surface area contributed by atoms with E-state index in [0.717, 1.165) is 24.0 Å². The second-order valence-electron chi connectivity index (χ2n) is 10.0. The number of nitrogens with zero attached hydrogens (tertiary/aromatic N) is 2. The third-order valence-electron chi connectivity index (χ3n) is 7.31. The molecule has 3 atom stereocenters. The minimum Gasteiger partial charge on any atom is -0.459 e. The molecule has 2 heterocycles. The van der Waals surface area contributed by atoms with Crippen molar-refractivity contribution in [1.29, 1.82) is 0 Å². The summed E-state index contributed by atoms with van der Waals surface area (Å²) < 4.78 is 11.1. The molecular weight excluding hydrogens is 484 g/mol. The molecule has 2 aliphatic rings. The maximum absolute atomic E-state index is 12.9. The number of hydrogen-bond donors (Lipinski definition) is 1. The Morgan fingerprint density at radius 2 is 1.34 bits per heavy atom. The van der Waals surface area contributed by atoms with E-state index in [-0.39, 0.29) is 30.4 Å². The third kappa shape index (κ3) is 7.65. The van der Waals surface area contributed by atoms with Crippen LogP contribution in [0, 0.1) is 0 Å². The Hall–Kier alpha value is -3.23. The van der Waals surface area contributed by atoms with Crippen molar-refractivity contribution in [2.24, 2.45) is 0 Å². The zero-order chi connectivity index (χ0) is 26.7. The molecule has 1 N–H and O–H groups in total. The van der Waals surface area contributed by atoms with Crippen molar-refractivity contribution in [3.05, 3.63) is 71.8 Å². The number of rotatable bonds is 12. The number of likely N-dealkylation sites (tertiary alicyclic amines) is 2. The molecule has 2 aromatic rings. The van der Waals surface area contributed by atoms with Crippen LogP contribution in [0.4, 0.5) is 0 Å². The van der Waals surface area contributed by atoms with Crippen molar-refractivity contribution in [3.63, 3.8) is 0 Å². The monoisotopic (exact) mass is 522 g/mol. The van der Waals surface area contributed by atoms with Gasteiger partial charge in [-0.2, -0.15) is 0 Å². The lowest BCUT2D eigenvalue weighted by atomic mass is 10.1. The predicted octanol–water partition coefficient (Wildman–Crippen LogP) is 3.81. The van der Waals surface area contributed by atoms with Gasteiger partial charge in [0, 0.05) is 25.9 Å². The average molecular weight is 523 g/mol. The van der Waals surface area contributed by atoms with Crippen LogP contribution >= 0.6 is 0 Å². The summed E-state index contributed by atoms with van der Waals surface area (Å²) in [5.41, 5.74) is 1.88. The fraction of sp³-hybridized carbons (Fsp3) is 0.500. The summed E-state index contributed by atoms with van der Waals surface area (Å²) in [4.78, 5) is 41.7. The van der Waals surface area contributed by atoms with Crippen molar-refractivity contribution in [3.8, 4) is 0 Å². The first-order valence-electron chi connectivity index (χ1n) is 13.7. The molecule has 0 bridgehead atoms. The molecule has 2 saturated heterocycles. The van der Waals surface area contributed by atoms with E-state index in [4.69, 9.17) is 9.47 Å². The van der Waals surface area contributed by atoms with Crippen molar-refractivity contribution in [1.82, 2.24) is 9.80 Å². The van der Waals surface area contributed by atoms with Gasteiger partial charge in [0.05, 0.1) is 12.6 Å². The minimum absolute atomic E-state index is 0.0224. The first-order valence-corrected chi connectivity index (χ1v) is 13.7. The van der Waals surface area contributed by atoms with Gasteiger partial charge in [0.2, 0.25) is 11.8 Å². The topological polar surface area (TPSA) is 96.4 Å². The van der Waals surface area contributed by atoms with Crippen LogP contribution < -0.4 is 0 Å². The molecule has 8 heteroatoms. The fourth-order valence-electron chi connectivity index (χ4n) is 5.24. The summed E-state index contributed by atoms with van der Waals surface area (Å²) in [5, 5.41) is 10.6. The van der Waals surface area contributed by atoms with Crippen LogP contribution in [0.5, 0.6) is 0 Å². The van der Waals surface area contributed by atoms with E-state index >= 15 is 0 Å². The molecule has 2 fully saturated rings. The number of esters is 1. The summed E-state index contributed by atoms with van der Waals surface area (Å²) in [6.07, 6.45) is 3.65. The van der Waals surface area contributed by atoms with Crippen LogP contribution in [-0.4, -0.2) is 64.2 Å². The first-order chi connectivity index (χ1) is 18.5. The van der Waals surface area contributed by atoms with Crippen molar-refractivity contribution < 1.29 is 29.0 Å². The molecule has 0 saturated carbocycles. The van der Waals surface area contributed by atoms with Gasteiger partial charge in [0.15, 0.2) is 6.29 Å². The summed E-state index contributed by atoms with van der Waals surface area (Å²) in [5.74, 6) is -0.450. The van der Waals surface area contributed by atoms with Gasteiger partial charge in [0.1, 0.15) is 12.6 Å². The van der Waals surface area contributed by atoms with Gasteiger partial charge < -0.3 is 24.4 Å². The number of aliphatic hydroxyl groups is 1. The Kier molecular flexibility index (Phi) is 10.3. The Bertz CT molecular complexity index is 1050. The molecule has 0 radical (unpaired) electrons. The number of unbranched alkanes of at least 4 members (excludes halogenated alkanes) is 1. The lowest BCUT2D eigenvalue weighted by molar-refractivity contribution is -0.159. The van der Waals surface area contributed by atoms with Crippen LogP contribution in [0.25, 0.3) is 0 Å². The Morgan fingerprint density at radius 3 is 2.00 bits per heavy atom. The van der Waals surface area contributed by atoms with E-state index in [1.807, 2.05) is 60.7 Å². The molecule has 0 spiro atoms. The summed E-state index contributed by atoms with van der Waals surface area (Å²) >= 11 is 0. The van der Waals surface area contributed by atoms with Crippen molar-refractivity contribution in [2.75, 3.05) is 13.1 Å². The van der Waals surface area contributed by atoms with E-state index in [1.54, 1.807) is 9.80 Å². The molecule has 2 aromatic carbocycles. The first kappa shape index (κ1) is 27.8. The maximum Gasteiger partial charge on any atom is 0.329 e. The van der Waals surface area contributed by atoms with E-state index in [2.05, 4.69) is 0 Å². The standard InChI is InChI=1S/C30H38N2O6/c33-27(31-19-9-15-25(31)29(35)37-21-23-11-3-1-4-12-23)17-7-8-18-28(34)32-20-10-16-26(32)30(36)38-22-24-13-5-2-6-14-24/h1-6,11-14,25-26,29,35H,7-10,15-22H2/t25-,26-,29?/m1/s1. The third-order valence-corrected chi connectivity index (χ3v) is 7.31. The van der Waals surface area contributed by atoms with Crippen LogP contribution in [0.15, 0.2) is 60.7 Å². The molecule has 0 aromatic heterocycles. The van der Waals surface area contributed by atoms with Crippen LogP contribution in [0.2, 0.25) is 0 Å². The van der Waals surface area contributed by atoms with E-state index < -0.39 is 12.3 Å². The Balaban J connectivity index is 1.16. The number of benzene rings is 2. The average Bonchev–Trinajstić information content (AvgIpc) is 3.64. The van der Waals surface area contributed by atoms with Crippen molar-refractivity contribution in [2.45, 2.75) is 83.0 Å². The van der Waals surface area contributed by atoms with Gasteiger partial charge in [-0.3, -0.25) is 9.59 Å². The molecule has 38 heavy (non-hydrogen) atoms. The number of carbonyl (C=O) groups excluding carboxylic acids is 3. The molecule has 4 rings (SSSR count). The fourth-order valence-corrected chi connectivity index (χ4v) is 5.24. The molecule has 2 amide bonds. The van der Waals surface area contributed by atoms with Gasteiger partial charge in [-0.15, -0.1) is 0 Å². The van der Waals surface area contributed by atoms with Gasteiger partial charge in [-0.05, 0) is 49.7 Å². The SMILES string of the molecule is O=C(OCc1ccccc1)[C@H]1CCCN1C(=O)CCCCC(=O)N1CCC[C@@H]1C(O)OCc1ccccc1. The number of carbonyl (C=O) groups is 3. The lowest BCUT2D eigenvalue weighted by Crippen LogP contribution is -2.43. The molecule has 2 aliphatic heterocycles. The van der Waals surface area contributed by atoms with Gasteiger partial charge in [-0.1, -0.05) is 60.7 Å². The zero-order valence-corrected chi connectivity index (χ0v) is 21.9. The van der Waals surface area contributed by atoms with Crippen LogP contribution in [0.3, 0.4) is 0 Å². The van der Waals surface area contributed by atoms with Gasteiger partial charge in [-0.25, -0.2) is 4.79 Å². The molecule has 1 unspecified atom stereocenters. The van der Waals surface area contributed by atoms with Crippen molar-refractivity contribution >= 4 is 17.8 Å². The van der Waals surface area contributed by atoms with Gasteiger partial charge >= 0.3 is 5.97 Å². The summed E-state index contributed by atoms with van der Waals surface area (Å²) in [6, 6.07) is 18.2. The summed E-state index contributed by atoms with van der Waals surface area (Å²) in [6.45, 7) is 1.65. The normalized spacial score (nSPS) is 19.9. The maximum atomic E-state index is 12.9. The Labute approximate surface area is 224 Å². The molecule has 204 valence electrons. The quantitative estimate of drug-likeness (QED) is 0.259. The predicted molar refractivity (Wildman–Crippen MR) is 141 cm³/mol. The second kappa shape index (κ2) is 14.1. The molecule has 0 aliphatic carbocycles. The highest BCUT2D eigenvalue weighted by Crippen LogP contribution is 2.24. The van der Waals surface area contributed by atoms with Crippen LogP contribution in [0.1, 0.15) is 62.5 Å². The number of ether oxygens (including phenoxy) is 2. The smallest absolute Gasteiger partial charge is 0.329 e. The highest BCUT2D eigenvalue weighted by Gasteiger charge is 2.36. The summed E-state index contributed by atoms with van der Waals surface area (Å²) in [7, 11) is 0. The van der Waals surface area contributed by atoms with E-state index in [1.165, 1.54) is 0 Å². The number of hydrogen-bond acceptors (Lipinski definition) is 6. The highest BCUT2D eigenvalue weighted by atomic mass is 16.6. The van der Waals surface area contributed by atoms with Crippen LogP contribution in [-0.2, 0) is 37.1 Å². The molecular formula is C30H38N2O6. The highest BCUT2D eigenvalue weighted by molar-refractivity contribution is 5.85. The Morgan fingerprint density at radius 1 is 0.789 bits per heavy atom.